The monoisotopic (exact) mass is 644 g/mol. The Bertz CT molecular complexity index is 1400. The van der Waals surface area contributed by atoms with Gasteiger partial charge in [0.2, 0.25) is 0 Å². The molecule has 1 atom stereocenters. The van der Waals surface area contributed by atoms with Gasteiger partial charge in [-0.15, -0.1) is 17.9 Å². The number of rotatable bonds is 11. The Balaban J connectivity index is 0.00000197. The maximum atomic E-state index is 13.1. The lowest BCUT2D eigenvalue weighted by molar-refractivity contribution is -0.137. The fourth-order valence-corrected chi connectivity index (χ4v) is 4.21. The summed E-state index contributed by atoms with van der Waals surface area (Å²) in [4.78, 5) is 41.2. The Hall–Kier alpha value is -3.93. The van der Waals surface area contributed by atoms with Crippen LogP contribution < -0.4 is 32.1 Å². The zero-order chi connectivity index (χ0) is 31.3. The van der Waals surface area contributed by atoms with E-state index >= 15 is 0 Å². The molecule has 0 saturated heterocycles. The lowest BCUT2D eigenvalue weighted by Crippen LogP contribution is -2.27. The highest BCUT2D eigenvalue weighted by Crippen LogP contribution is 2.35. The quantitative estimate of drug-likeness (QED) is 0.0993. The van der Waals surface area contributed by atoms with Crippen molar-refractivity contribution >= 4 is 58.3 Å². The first kappa shape index (κ1) is 34.3. The van der Waals surface area contributed by atoms with Gasteiger partial charge in [0.15, 0.2) is 0 Å². The summed E-state index contributed by atoms with van der Waals surface area (Å²) < 4.78 is 39.2. The van der Waals surface area contributed by atoms with E-state index in [1.54, 1.807) is 13.0 Å². The number of amides is 2. The molecule has 0 aliphatic heterocycles. The van der Waals surface area contributed by atoms with Crippen LogP contribution in [0.4, 0.5) is 24.8 Å². The zero-order valence-electron chi connectivity index (χ0n) is 22.3. The predicted molar refractivity (Wildman–Crippen MR) is 159 cm³/mol. The number of carbonyl (C=O) groups is 2. The molecule has 3 aromatic rings. The summed E-state index contributed by atoms with van der Waals surface area (Å²) >= 11 is 7.48. The lowest BCUT2D eigenvalue weighted by Gasteiger charge is -2.12. The van der Waals surface area contributed by atoms with Crippen LogP contribution in [0.15, 0.2) is 54.7 Å². The Morgan fingerprint density at radius 3 is 2.50 bits per heavy atom. The molecule has 3 heterocycles. The minimum atomic E-state index is -4.71. The van der Waals surface area contributed by atoms with Crippen LogP contribution in [0.25, 0.3) is 0 Å². The number of carbonyl (C=O) groups excluding carboxylic acids is 2. The van der Waals surface area contributed by atoms with Gasteiger partial charge in [0.1, 0.15) is 33.5 Å². The molecule has 3 rings (SSSR count). The van der Waals surface area contributed by atoms with Gasteiger partial charge in [-0.05, 0) is 31.9 Å². The normalized spacial score (nSPS) is 11.9. The summed E-state index contributed by atoms with van der Waals surface area (Å²) in [5, 5.41) is 16.9. The highest BCUT2D eigenvalue weighted by atomic mass is 35.5. The van der Waals surface area contributed by atoms with Crippen LogP contribution in [0.2, 0.25) is 5.02 Å². The number of aromatic nitrogens is 4. The molecule has 0 bridgehead atoms. The average Bonchev–Trinajstić information content (AvgIpc) is 3.45. The molecule has 2 amide bonds. The number of nitrogens with one attached hydrogen (secondary N) is 4. The first-order valence-corrected chi connectivity index (χ1v) is 14.0. The van der Waals surface area contributed by atoms with Gasteiger partial charge < -0.3 is 27.0 Å². The van der Waals surface area contributed by atoms with Crippen molar-refractivity contribution in [1.82, 2.24) is 30.6 Å². The Kier molecular flexibility index (Phi) is 13.5. The summed E-state index contributed by atoms with van der Waals surface area (Å²) in [6.45, 7) is 7.85. The predicted octanol–water partition coefficient (Wildman–Crippen LogP) is 4.30. The van der Waals surface area contributed by atoms with E-state index in [9.17, 15) is 22.8 Å². The SMILES string of the molecule is C=CC.CC(NC(=O)c1cc(NCCN/C(=C/N)SN)ncn1)c1ncc(C(=O)Nc2cc(C(F)(F)F)c(Cl)cn2)s1. The van der Waals surface area contributed by atoms with Crippen molar-refractivity contribution in [1.29, 1.82) is 0 Å². The van der Waals surface area contributed by atoms with Crippen LogP contribution in [0.1, 0.15) is 50.6 Å². The number of thiazole rings is 1. The summed E-state index contributed by atoms with van der Waals surface area (Å²) in [6.07, 6.45) is 1.67. The van der Waals surface area contributed by atoms with Crippen molar-refractivity contribution in [3.63, 3.8) is 0 Å². The van der Waals surface area contributed by atoms with Gasteiger partial charge in [0.05, 0.1) is 27.9 Å². The molecule has 0 fully saturated rings. The molecule has 12 nitrogen and oxygen atoms in total. The second kappa shape index (κ2) is 16.5. The second-order valence-electron chi connectivity index (χ2n) is 7.96. The van der Waals surface area contributed by atoms with Crippen molar-refractivity contribution in [2.45, 2.75) is 26.1 Å². The molecule has 3 aromatic heterocycles. The number of halogens is 4. The highest BCUT2D eigenvalue weighted by molar-refractivity contribution is 8.00. The molecule has 0 spiro atoms. The van der Waals surface area contributed by atoms with Crippen molar-refractivity contribution in [3.8, 4) is 0 Å². The zero-order valence-corrected chi connectivity index (χ0v) is 24.7. The molecule has 0 aromatic carbocycles. The number of alkyl halides is 3. The Morgan fingerprint density at radius 1 is 1.14 bits per heavy atom. The number of hydrogen-bond acceptors (Lipinski definition) is 12. The number of nitrogens with zero attached hydrogens (tertiary/aromatic N) is 4. The Morgan fingerprint density at radius 2 is 1.86 bits per heavy atom. The van der Waals surface area contributed by atoms with Crippen molar-refractivity contribution in [2.75, 3.05) is 23.7 Å². The van der Waals surface area contributed by atoms with E-state index in [0.717, 1.165) is 29.5 Å². The van der Waals surface area contributed by atoms with Crippen LogP contribution in [0, 0.1) is 0 Å². The third-order valence-corrected chi connectivity index (χ3v) is 6.79. The van der Waals surface area contributed by atoms with Crippen LogP contribution in [-0.2, 0) is 6.18 Å². The minimum absolute atomic E-state index is 0.0937. The third kappa shape index (κ3) is 10.5. The van der Waals surface area contributed by atoms with Crippen molar-refractivity contribution in [2.24, 2.45) is 10.9 Å². The number of pyridine rings is 1. The summed E-state index contributed by atoms with van der Waals surface area (Å²) in [5.74, 6) is -1.14. The van der Waals surface area contributed by atoms with Gasteiger partial charge >= 0.3 is 6.18 Å². The molecule has 42 heavy (non-hydrogen) atoms. The van der Waals surface area contributed by atoms with Gasteiger partial charge in [0.25, 0.3) is 11.8 Å². The van der Waals surface area contributed by atoms with Crippen LogP contribution in [-0.4, -0.2) is 44.8 Å². The molecular weight excluding hydrogens is 617 g/mol. The standard InChI is InChI=1S/C21H22ClF3N10O2S2.C3H6/c1-10(34-18(36)13-5-15(33-9-32-13)28-2-3-29-17(6-26)39-27)20-31-8-14(38-20)19(37)35-16-4-11(21(23,24)25)12(22)7-30-16;1-3-2/h4-10,29H,2-3,26-27H2,1H3,(H,34,36)(H,28,32,33)(H,30,35,37);3H,1H2,2H3/b17-6-;. The summed E-state index contributed by atoms with van der Waals surface area (Å²) in [5.41, 5.74) is 4.37. The van der Waals surface area contributed by atoms with E-state index in [4.69, 9.17) is 22.5 Å². The number of nitrogens with two attached hydrogens (primary N) is 2. The molecule has 0 aliphatic rings. The second-order valence-corrected chi connectivity index (χ2v) is 10.1. The van der Waals surface area contributed by atoms with Gasteiger partial charge in [0, 0.05) is 31.6 Å². The maximum absolute atomic E-state index is 13.1. The smallest absolute Gasteiger partial charge is 0.402 e. The van der Waals surface area contributed by atoms with E-state index in [1.165, 1.54) is 24.8 Å². The van der Waals surface area contributed by atoms with Crippen LogP contribution >= 0.6 is 34.9 Å². The van der Waals surface area contributed by atoms with E-state index in [-0.39, 0.29) is 16.4 Å². The van der Waals surface area contributed by atoms with E-state index in [0.29, 0.717) is 35.0 Å². The number of anilines is 2. The molecule has 0 aliphatic carbocycles. The molecule has 1 unspecified atom stereocenters. The van der Waals surface area contributed by atoms with E-state index in [1.807, 2.05) is 6.92 Å². The average molecular weight is 645 g/mol. The van der Waals surface area contributed by atoms with Gasteiger partial charge in [-0.3, -0.25) is 14.7 Å². The van der Waals surface area contributed by atoms with Gasteiger partial charge in [-0.1, -0.05) is 17.7 Å². The van der Waals surface area contributed by atoms with E-state index in [2.05, 4.69) is 47.8 Å². The number of allylic oxidation sites excluding steroid dienone is 1. The van der Waals surface area contributed by atoms with Crippen LogP contribution in [0.5, 0.6) is 0 Å². The molecule has 8 N–H and O–H groups in total. The molecule has 0 radical (unpaired) electrons. The Labute approximate surface area is 252 Å². The molecule has 226 valence electrons. The summed E-state index contributed by atoms with van der Waals surface area (Å²) in [6, 6.07) is 1.49. The first-order chi connectivity index (χ1) is 19.9. The number of hydrogen-bond donors (Lipinski definition) is 6. The fourth-order valence-electron chi connectivity index (χ4n) is 2.92. The molecule has 18 heteroatoms. The highest BCUT2D eigenvalue weighted by Gasteiger charge is 2.34. The van der Waals surface area contributed by atoms with E-state index < -0.39 is 34.6 Å². The topological polar surface area (TPSA) is 186 Å². The minimum Gasteiger partial charge on any atom is -0.402 e. The lowest BCUT2D eigenvalue weighted by atomic mass is 10.2. The molecule has 0 saturated carbocycles. The van der Waals surface area contributed by atoms with Gasteiger partial charge in [-0.2, -0.15) is 13.2 Å². The largest absolute Gasteiger partial charge is 0.418 e. The van der Waals surface area contributed by atoms with Gasteiger partial charge in [-0.25, -0.2) is 19.9 Å². The van der Waals surface area contributed by atoms with Crippen molar-refractivity contribution in [3.05, 3.63) is 80.9 Å². The maximum Gasteiger partial charge on any atom is 0.418 e. The summed E-state index contributed by atoms with van der Waals surface area (Å²) in [7, 11) is 0. The third-order valence-electron chi connectivity index (χ3n) is 4.78. The first-order valence-electron chi connectivity index (χ1n) is 11.9. The van der Waals surface area contributed by atoms with Crippen LogP contribution in [0.3, 0.4) is 0 Å². The fraction of sp³-hybridized carbons (Fsp3) is 0.250. The van der Waals surface area contributed by atoms with Crippen molar-refractivity contribution < 1.29 is 22.8 Å². The molecular formula is C24H28ClF3N10O2S2.